The van der Waals surface area contributed by atoms with Crippen LogP contribution in [0, 0.1) is 13.8 Å². The van der Waals surface area contributed by atoms with Gasteiger partial charge < -0.3 is 20.8 Å². The minimum absolute atomic E-state index is 0.159. The van der Waals surface area contributed by atoms with Gasteiger partial charge in [0.25, 0.3) is 0 Å². The van der Waals surface area contributed by atoms with E-state index in [2.05, 4.69) is 26.6 Å². The van der Waals surface area contributed by atoms with E-state index in [4.69, 9.17) is 5.11 Å². The molecular weight excluding hydrogens is 340 g/mol. The van der Waals surface area contributed by atoms with E-state index in [0.29, 0.717) is 5.69 Å². The Kier molecular flexibility index (Phi) is 5.74. The molecule has 116 valence electrons. The Morgan fingerprint density at radius 2 is 1.95 bits per heavy atom. The van der Waals surface area contributed by atoms with Gasteiger partial charge in [0.05, 0.1) is 17.7 Å². The minimum atomic E-state index is -1.50. The number of urea groups is 1. The number of carbonyl (C=O) groups excluding carboxylic acids is 1. The molecule has 0 aliphatic carbocycles. The van der Waals surface area contributed by atoms with Gasteiger partial charge in [0.2, 0.25) is 0 Å². The topological polar surface area (TPSA) is 98.7 Å². The molecule has 2 amide bonds. The quantitative estimate of drug-likeness (QED) is 0.649. The zero-order valence-electron chi connectivity index (χ0n) is 12.2. The summed E-state index contributed by atoms with van der Waals surface area (Å²) in [6, 6.07) is 3.30. The van der Waals surface area contributed by atoms with Crippen LogP contribution in [-0.2, 0) is 4.79 Å². The molecule has 1 unspecified atom stereocenters. The number of aliphatic carboxylic acids is 1. The average Bonchev–Trinajstić information content (AvgIpc) is 2.29. The molecule has 7 heteroatoms. The van der Waals surface area contributed by atoms with E-state index >= 15 is 0 Å². The van der Waals surface area contributed by atoms with Crippen LogP contribution in [-0.4, -0.2) is 34.4 Å². The van der Waals surface area contributed by atoms with Crippen molar-refractivity contribution in [3.63, 3.8) is 0 Å². The monoisotopic (exact) mass is 358 g/mol. The van der Waals surface area contributed by atoms with Gasteiger partial charge in [-0.05, 0) is 53.9 Å². The molecule has 0 aliphatic heterocycles. The second-order valence-electron chi connectivity index (χ2n) is 5.31. The molecule has 0 saturated carbocycles. The summed E-state index contributed by atoms with van der Waals surface area (Å²) >= 11 is 3.38. The summed E-state index contributed by atoms with van der Waals surface area (Å²) in [7, 11) is 0. The van der Waals surface area contributed by atoms with Gasteiger partial charge in [-0.15, -0.1) is 0 Å². The van der Waals surface area contributed by atoms with Gasteiger partial charge in [-0.3, -0.25) is 4.79 Å². The van der Waals surface area contributed by atoms with Crippen LogP contribution in [0.4, 0.5) is 10.5 Å². The first-order valence-corrected chi connectivity index (χ1v) is 7.16. The van der Waals surface area contributed by atoms with Crippen LogP contribution < -0.4 is 10.6 Å². The molecule has 1 aromatic rings. The predicted molar refractivity (Wildman–Crippen MR) is 83.5 cm³/mol. The lowest BCUT2D eigenvalue weighted by Gasteiger charge is -2.22. The number of carboxylic acid groups (broad SMARTS) is 1. The van der Waals surface area contributed by atoms with Gasteiger partial charge in [0, 0.05) is 11.0 Å². The molecule has 1 rings (SSSR count). The van der Waals surface area contributed by atoms with Crippen molar-refractivity contribution < 1.29 is 19.8 Å². The number of halogens is 1. The highest BCUT2D eigenvalue weighted by Gasteiger charge is 2.25. The number of carboxylic acids is 1. The Balaban J connectivity index is 2.65. The summed E-state index contributed by atoms with van der Waals surface area (Å²) in [6.45, 7) is 5.01. The SMILES string of the molecule is Cc1cc(C)c(NC(=O)NCC(C)(O)CC(=O)O)c(Br)c1. The smallest absolute Gasteiger partial charge is 0.319 e. The van der Waals surface area contributed by atoms with E-state index in [1.807, 2.05) is 26.0 Å². The van der Waals surface area contributed by atoms with Gasteiger partial charge in [-0.1, -0.05) is 6.07 Å². The Labute approximate surface area is 131 Å². The largest absolute Gasteiger partial charge is 0.481 e. The number of nitrogens with one attached hydrogen (secondary N) is 2. The maximum absolute atomic E-state index is 11.8. The number of hydrogen-bond donors (Lipinski definition) is 4. The molecule has 0 heterocycles. The van der Waals surface area contributed by atoms with E-state index in [1.54, 1.807) is 0 Å². The van der Waals surface area contributed by atoms with Crippen LogP contribution >= 0.6 is 15.9 Å². The Morgan fingerprint density at radius 3 is 2.48 bits per heavy atom. The van der Waals surface area contributed by atoms with E-state index in [0.717, 1.165) is 15.6 Å². The van der Waals surface area contributed by atoms with E-state index < -0.39 is 24.0 Å². The van der Waals surface area contributed by atoms with Gasteiger partial charge in [0.1, 0.15) is 0 Å². The van der Waals surface area contributed by atoms with Gasteiger partial charge in [0.15, 0.2) is 0 Å². The second-order valence-corrected chi connectivity index (χ2v) is 6.17. The fourth-order valence-electron chi connectivity index (χ4n) is 1.89. The third-order valence-electron chi connectivity index (χ3n) is 2.83. The fraction of sp³-hybridized carbons (Fsp3) is 0.429. The number of rotatable bonds is 5. The lowest BCUT2D eigenvalue weighted by molar-refractivity contribution is -0.141. The first kappa shape index (κ1) is 17.5. The zero-order valence-corrected chi connectivity index (χ0v) is 13.7. The number of aryl methyl sites for hydroxylation is 2. The third-order valence-corrected chi connectivity index (χ3v) is 3.46. The Bertz CT molecular complexity index is 535. The van der Waals surface area contributed by atoms with Crippen molar-refractivity contribution in [3.8, 4) is 0 Å². The highest BCUT2D eigenvalue weighted by Crippen LogP contribution is 2.27. The summed E-state index contributed by atoms with van der Waals surface area (Å²) in [5.74, 6) is -1.13. The van der Waals surface area contributed by atoms with E-state index in [1.165, 1.54) is 6.92 Å². The van der Waals surface area contributed by atoms with Crippen molar-refractivity contribution in [3.05, 3.63) is 27.7 Å². The molecule has 0 bridgehead atoms. The van der Waals surface area contributed by atoms with Crippen molar-refractivity contribution in [2.45, 2.75) is 32.8 Å². The van der Waals surface area contributed by atoms with Gasteiger partial charge in [-0.25, -0.2) is 4.79 Å². The zero-order chi connectivity index (χ0) is 16.2. The van der Waals surface area contributed by atoms with Crippen molar-refractivity contribution in [2.75, 3.05) is 11.9 Å². The molecule has 1 aromatic carbocycles. The summed E-state index contributed by atoms with van der Waals surface area (Å²) in [6.07, 6.45) is -0.444. The summed E-state index contributed by atoms with van der Waals surface area (Å²) in [5.41, 5.74) is 1.10. The summed E-state index contributed by atoms with van der Waals surface area (Å²) < 4.78 is 0.757. The van der Waals surface area contributed by atoms with Crippen LogP contribution in [0.5, 0.6) is 0 Å². The molecular formula is C14H19BrN2O4. The molecule has 4 N–H and O–H groups in total. The van der Waals surface area contributed by atoms with Crippen LogP contribution in [0.1, 0.15) is 24.5 Å². The molecule has 0 spiro atoms. The van der Waals surface area contributed by atoms with E-state index in [9.17, 15) is 14.7 Å². The van der Waals surface area contributed by atoms with Crippen LogP contribution in [0.15, 0.2) is 16.6 Å². The number of carbonyl (C=O) groups is 2. The van der Waals surface area contributed by atoms with Gasteiger partial charge in [-0.2, -0.15) is 0 Å². The second kappa shape index (κ2) is 6.91. The number of benzene rings is 1. The number of hydrogen-bond acceptors (Lipinski definition) is 3. The highest BCUT2D eigenvalue weighted by molar-refractivity contribution is 9.10. The maximum Gasteiger partial charge on any atom is 0.319 e. The number of anilines is 1. The van der Waals surface area contributed by atoms with Crippen molar-refractivity contribution >= 4 is 33.6 Å². The van der Waals surface area contributed by atoms with Gasteiger partial charge >= 0.3 is 12.0 Å². The lowest BCUT2D eigenvalue weighted by Crippen LogP contribution is -2.43. The molecule has 6 nitrogen and oxygen atoms in total. The molecule has 0 aliphatic rings. The fourth-order valence-corrected chi connectivity index (χ4v) is 2.66. The van der Waals surface area contributed by atoms with Crippen molar-refractivity contribution in [2.24, 2.45) is 0 Å². The molecule has 0 saturated heterocycles. The minimum Gasteiger partial charge on any atom is -0.481 e. The van der Waals surface area contributed by atoms with Crippen molar-refractivity contribution in [1.29, 1.82) is 0 Å². The molecule has 1 atom stereocenters. The first-order chi connectivity index (χ1) is 9.60. The Morgan fingerprint density at radius 1 is 1.33 bits per heavy atom. The molecule has 0 aromatic heterocycles. The highest BCUT2D eigenvalue weighted by atomic mass is 79.9. The summed E-state index contributed by atoms with van der Waals surface area (Å²) in [4.78, 5) is 22.4. The first-order valence-electron chi connectivity index (χ1n) is 6.36. The normalized spacial score (nSPS) is 13.4. The maximum atomic E-state index is 11.8. The average molecular weight is 359 g/mol. The molecule has 21 heavy (non-hydrogen) atoms. The van der Waals surface area contributed by atoms with Crippen LogP contribution in [0.3, 0.4) is 0 Å². The number of aliphatic hydroxyl groups is 1. The molecule has 0 radical (unpaired) electrons. The van der Waals surface area contributed by atoms with E-state index in [-0.39, 0.29) is 6.54 Å². The van der Waals surface area contributed by atoms with Crippen molar-refractivity contribution in [1.82, 2.24) is 5.32 Å². The summed E-state index contributed by atoms with van der Waals surface area (Å²) in [5, 5.41) is 23.6. The number of amides is 2. The molecule has 0 fully saturated rings. The lowest BCUT2D eigenvalue weighted by atomic mass is 10.0. The third kappa shape index (κ3) is 5.73. The Hall–Kier alpha value is -1.60. The standard InChI is InChI=1S/C14H19BrN2O4/c1-8-4-9(2)12(10(15)5-8)17-13(20)16-7-14(3,21)6-11(18)19/h4-5,21H,6-7H2,1-3H3,(H,18,19)(H2,16,17,20). The predicted octanol–water partition coefficient (Wildman–Crippen LogP) is 2.41. The van der Waals surface area contributed by atoms with Crippen LogP contribution in [0.2, 0.25) is 0 Å². The van der Waals surface area contributed by atoms with Crippen LogP contribution in [0.25, 0.3) is 0 Å².